The van der Waals surface area contributed by atoms with Gasteiger partial charge in [-0.2, -0.15) is 0 Å². The topological polar surface area (TPSA) is 64.3 Å². The van der Waals surface area contributed by atoms with Crippen LogP contribution in [0.25, 0.3) is 0 Å². The number of hydrogen-bond acceptors (Lipinski definition) is 3. The number of rotatable bonds is 8. The van der Waals surface area contributed by atoms with Crippen LogP contribution in [-0.2, 0) is 11.3 Å². The average Bonchev–Trinajstić information content (AvgIpc) is 2.43. The quantitative estimate of drug-likeness (QED) is 0.776. The first-order valence-corrected chi connectivity index (χ1v) is 6.92. The van der Waals surface area contributed by atoms with Gasteiger partial charge in [-0.15, -0.1) is 12.4 Å². The lowest BCUT2D eigenvalue weighted by atomic mass is 10.1. The van der Waals surface area contributed by atoms with Crippen LogP contribution in [-0.4, -0.2) is 18.6 Å². The van der Waals surface area contributed by atoms with E-state index >= 15 is 0 Å². The van der Waals surface area contributed by atoms with Gasteiger partial charge in [-0.1, -0.05) is 32.4 Å². The molecule has 3 N–H and O–H groups in total. The van der Waals surface area contributed by atoms with Crippen LogP contribution in [0.15, 0.2) is 24.3 Å². The zero-order chi connectivity index (χ0) is 14.1. The summed E-state index contributed by atoms with van der Waals surface area (Å²) < 4.78 is 5.50. The molecule has 114 valence electrons. The second-order valence-electron chi connectivity index (χ2n) is 4.61. The smallest absolute Gasteiger partial charge is 0.237 e. The minimum atomic E-state index is -0.405. The van der Waals surface area contributed by atoms with E-state index in [2.05, 4.69) is 12.2 Å². The summed E-state index contributed by atoms with van der Waals surface area (Å²) in [6.07, 6.45) is 2.63. The summed E-state index contributed by atoms with van der Waals surface area (Å²) >= 11 is 0. The van der Waals surface area contributed by atoms with E-state index in [9.17, 15) is 4.79 Å². The molecular weight excluding hydrogens is 276 g/mol. The van der Waals surface area contributed by atoms with Crippen molar-refractivity contribution >= 4 is 18.3 Å². The maximum Gasteiger partial charge on any atom is 0.237 e. The van der Waals surface area contributed by atoms with Gasteiger partial charge >= 0.3 is 0 Å². The second kappa shape index (κ2) is 10.5. The summed E-state index contributed by atoms with van der Waals surface area (Å²) in [4.78, 5) is 11.7. The lowest BCUT2D eigenvalue weighted by molar-refractivity contribution is -0.122. The molecular formula is C15H25ClN2O2. The number of carbonyl (C=O) groups excluding carboxylic acids is 1. The third-order valence-corrected chi connectivity index (χ3v) is 2.80. The Morgan fingerprint density at radius 3 is 2.45 bits per heavy atom. The predicted molar refractivity (Wildman–Crippen MR) is 84.2 cm³/mol. The van der Waals surface area contributed by atoms with E-state index in [0.29, 0.717) is 6.54 Å². The Balaban J connectivity index is 0.00000361. The molecule has 0 heterocycles. The van der Waals surface area contributed by atoms with E-state index in [4.69, 9.17) is 10.5 Å². The van der Waals surface area contributed by atoms with Crippen LogP contribution in [0.3, 0.4) is 0 Å². The van der Waals surface area contributed by atoms with Gasteiger partial charge in [0.05, 0.1) is 12.6 Å². The van der Waals surface area contributed by atoms with E-state index in [1.165, 1.54) is 0 Å². The van der Waals surface area contributed by atoms with Crippen LogP contribution < -0.4 is 15.8 Å². The van der Waals surface area contributed by atoms with Crippen LogP contribution in [0.5, 0.6) is 5.75 Å². The molecule has 0 saturated carbocycles. The van der Waals surface area contributed by atoms with Crippen molar-refractivity contribution in [3.63, 3.8) is 0 Å². The Morgan fingerprint density at radius 2 is 1.90 bits per heavy atom. The summed E-state index contributed by atoms with van der Waals surface area (Å²) in [5.74, 6) is 0.771. The van der Waals surface area contributed by atoms with Crippen molar-refractivity contribution in [3.8, 4) is 5.75 Å². The van der Waals surface area contributed by atoms with Gasteiger partial charge in [0, 0.05) is 6.54 Å². The molecule has 0 spiro atoms. The van der Waals surface area contributed by atoms with Gasteiger partial charge in [-0.25, -0.2) is 0 Å². The number of hydrogen-bond donors (Lipinski definition) is 2. The highest BCUT2D eigenvalue weighted by Crippen LogP contribution is 2.12. The third-order valence-electron chi connectivity index (χ3n) is 2.80. The molecule has 0 bridgehead atoms. The number of benzene rings is 1. The Morgan fingerprint density at radius 1 is 1.25 bits per heavy atom. The van der Waals surface area contributed by atoms with Crippen molar-refractivity contribution in [2.45, 2.75) is 45.7 Å². The third kappa shape index (κ3) is 6.78. The Bertz CT molecular complexity index is 382. The molecule has 20 heavy (non-hydrogen) atoms. The van der Waals surface area contributed by atoms with Gasteiger partial charge in [0.2, 0.25) is 5.91 Å². The summed E-state index contributed by atoms with van der Waals surface area (Å²) in [5.41, 5.74) is 6.78. The summed E-state index contributed by atoms with van der Waals surface area (Å²) in [7, 11) is 0. The van der Waals surface area contributed by atoms with Gasteiger partial charge in [-0.3, -0.25) is 4.79 Å². The molecule has 0 aliphatic rings. The van der Waals surface area contributed by atoms with E-state index in [-0.39, 0.29) is 18.3 Å². The van der Waals surface area contributed by atoms with Crippen molar-refractivity contribution in [2.75, 3.05) is 6.61 Å². The highest BCUT2D eigenvalue weighted by atomic mass is 35.5. The zero-order valence-electron chi connectivity index (χ0n) is 12.2. The van der Waals surface area contributed by atoms with Crippen molar-refractivity contribution in [3.05, 3.63) is 29.8 Å². The molecule has 1 atom stereocenters. The van der Waals surface area contributed by atoms with Gasteiger partial charge in [0.1, 0.15) is 5.75 Å². The van der Waals surface area contributed by atoms with E-state index in [0.717, 1.165) is 37.2 Å². The molecule has 1 aromatic carbocycles. The molecule has 4 nitrogen and oxygen atoms in total. The Labute approximate surface area is 127 Å². The predicted octanol–water partition coefficient (Wildman–Crippen LogP) is 2.64. The normalized spacial score (nSPS) is 11.3. The van der Waals surface area contributed by atoms with Crippen molar-refractivity contribution in [1.29, 1.82) is 0 Å². The van der Waals surface area contributed by atoms with Crippen LogP contribution in [0.2, 0.25) is 0 Å². The summed E-state index contributed by atoms with van der Waals surface area (Å²) in [6.45, 7) is 5.32. The van der Waals surface area contributed by atoms with Crippen LogP contribution in [0, 0.1) is 0 Å². The minimum Gasteiger partial charge on any atom is -0.494 e. The first kappa shape index (κ1) is 18.7. The largest absolute Gasteiger partial charge is 0.494 e. The number of nitrogens with two attached hydrogens (primary N) is 1. The lowest BCUT2D eigenvalue weighted by Gasteiger charge is -2.11. The fourth-order valence-corrected chi connectivity index (χ4v) is 1.69. The molecule has 1 unspecified atom stereocenters. The summed E-state index contributed by atoms with van der Waals surface area (Å²) in [5, 5.41) is 2.84. The molecule has 0 fully saturated rings. The standard InChI is InChI=1S/C15H24N2O2.ClH/c1-3-5-14(16)15(18)17-11-12-6-8-13(9-7-12)19-10-4-2;/h6-9,14H,3-5,10-11,16H2,1-2H3,(H,17,18);1H. The van der Waals surface area contributed by atoms with Crippen molar-refractivity contribution < 1.29 is 9.53 Å². The highest BCUT2D eigenvalue weighted by Gasteiger charge is 2.11. The van der Waals surface area contributed by atoms with Crippen molar-refractivity contribution in [1.82, 2.24) is 5.32 Å². The molecule has 0 saturated heterocycles. The highest BCUT2D eigenvalue weighted by molar-refractivity contribution is 5.85. The van der Waals surface area contributed by atoms with Gasteiger partial charge < -0.3 is 15.8 Å². The van der Waals surface area contributed by atoms with Crippen molar-refractivity contribution in [2.24, 2.45) is 5.73 Å². The molecule has 0 aliphatic heterocycles. The number of ether oxygens (including phenoxy) is 1. The number of carbonyl (C=O) groups is 1. The summed E-state index contributed by atoms with van der Waals surface area (Å²) in [6, 6.07) is 7.34. The monoisotopic (exact) mass is 300 g/mol. The molecule has 0 radical (unpaired) electrons. The van der Waals surface area contributed by atoms with Gasteiger partial charge in [0.25, 0.3) is 0 Å². The van der Waals surface area contributed by atoms with Gasteiger partial charge in [0.15, 0.2) is 0 Å². The van der Waals surface area contributed by atoms with Crippen LogP contribution in [0.1, 0.15) is 38.7 Å². The first-order chi connectivity index (χ1) is 9.17. The molecule has 1 rings (SSSR count). The molecule has 1 amide bonds. The van der Waals surface area contributed by atoms with Crippen LogP contribution >= 0.6 is 12.4 Å². The first-order valence-electron chi connectivity index (χ1n) is 6.92. The maximum atomic E-state index is 11.7. The maximum absolute atomic E-state index is 11.7. The number of nitrogens with one attached hydrogen (secondary N) is 1. The molecule has 0 aromatic heterocycles. The van der Waals surface area contributed by atoms with E-state index in [1.807, 2.05) is 31.2 Å². The lowest BCUT2D eigenvalue weighted by Crippen LogP contribution is -2.40. The number of halogens is 1. The Kier molecular flexibility index (Phi) is 9.86. The number of amides is 1. The second-order valence-corrected chi connectivity index (χ2v) is 4.61. The minimum absolute atomic E-state index is 0. The fourth-order valence-electron chi connectivity index (χ4n) is 1.69. The van der Waals surface area contributed by atoms with E-state index in [1.54, 1.807) is 0 Å². The molecule has 1 aromatic rings. The van der Waals surface area contributed by atoms with Gasteiger partial charge in [-0.05, 0) is 30.5 Å². The molecule has 0 aliphatic carbocycles. The zero-order valence-corrected chi connectivity index (χ0v) is 13.0. The fraction of sp³-hybridized carbons (Fsp3) is 0.533. The SMILES string of the molecule is CCCOc1ccc(CNC(=O)C(N)CCC)cc1.Cl. The Hall–Kier alpha value is -1.26. The average molecular weight is 301 g/mol. The molecule has 5 heteroatoms. The van der Waals surface area contributed by atoms with E-state index < -0.39 is 6.04 Å². The van der Waals surface area contributed by atoms with Crippen LogP contribution in [0.4, 0.5) is 0 Å².